The first kappa shape index (κ1) is 10.8. The average molecular weight is 235 g/mol. The van der Waals surface area contributed by atoms with Gasteiger partial charge in [-0.3, -0.25) is 4.79 Å². The topological polar surface area (TPSA) is 17.1 Å². The molecule has 0 spiro atoms. The Hall–Kier alpha value is -1.67. The van der Waals surface area contributed by atoms with Gasteiger partial charge < -0.3 is 0 Å². The maximum absolute atomic E-state index is 13.7. The minimum atomic E-state index is -0.485. The maximum Gasteiger partial charge on any atom is 0.150 e. The number of hydrogen-bond donors (Lipinski definition) is 0. The largest absolute Gasteiger partial charge is 0.298 e. The Morgan fingerprint density at radius 3 is 2.38 bits per heavy atom. The highest BCUT2D eigenvalue weighted by molar-refractivity contribution is 6.33. The molecule has 0 radical (unpaired) electrons. The lowest BCUT2D eigenvalue weighted by Crippen LogP contribution is -1.89. The Morgan fingerprint density at radius 1 is 1.12 bits per heavy atom. The highest BCUT2D eigenvalue weighted by Crippen LogP contribution is 2.31. The lowest BCUT2D eigenvalue weighted by molar-refractivity contribution is 0.112. The van der Waals surface area contributed by atoms with E-state index < -0.39 is 5.82 Å². The standard InChI is InChI=1S/C13H8ClFO/c14-11-6-9(8-16)7-12(15)13(11)10-4-2-1-3-5-10/h1-8H. The summed E-state index contributed by atoms with van der Waals surface area (Å²) in [4.78, 5) is 10.5. The van der Waals surface area contributed by atoms with Crippen molar-refractivity contribution in [3.8, 4) is 11.1 Å². The van der Waals surface area contributed by atoms with E-state index in [4.69, 9.17) is 11.6 Å². The zero-order valence-corrected chi connectivity index (χ0v) is 9.04. The van der Waals surface area contributed by atoms with E-state index >= 15 is 0 Å². The number of benzene rings is 2. The summed E-state index contributed by atoms with van der Waals surface area (Å²) in [5.41, 5.74) is 1.26. The van der Waals surface area contributed by atoms with E-state index in [1.165, 1.54) is 12.1 Å². The molecule has 0 aliphatic heterocycles. The monoisotopic (exact) mass is 234 g/mol. The fraction of sp³-hybridized carbons (Fsp3) is 0. The molecular weight excluding hydrogens is 227 g/mol. The van der Waals surface area contributed by atoms with Crippen molar-refractivity contribution < 1.29 is 9.18 Å². The summed E-state index contributed by atoms with van der Waals surface area (Å²) in [6.45, 7) is 0. The second-order valence-corrected chi connectivity index (χ2v) is 3.75. The molecule has 2 aromatic carbocycles. The molecule has 0 fully saturated rings. The van der Waals surface area contributed by atoms with Gasteiger partial charge in [0.05, 0.1) is 5.02 Å². The first-order valence-electron chi connectivity index (χ1n) is 4.72. The molecule has 1 nitrogen and oxygen atoms in total. The van der Waals surface area contributed by atoms with Gasteiger partial charge in [0.15, 0.2) is 0 Å². The highest BCUT2D eigenvalue weighted by atomic mass is 35.5. The van der Waals surface area contributed by atoms with Crippen molar-refractivity contribution in [1.82, 2.24) is 0 Å². The molecular formula is C13H8ClFO. The lowest BCUT2D eigenvalue weighted by Gasteiger charge is -2.06. The van der Waals surface area contributed by atoms with E-state index in [0.717, 1.165) is 0 Å². The molecule has 2 aromatic rings. The molecule has 0 saturated heterocycles. The Balaban J connectivity index is 2.62. The van der Waals surface area contributed by atoms with Crippen LogP contribution in [0.25, 0.3) is 11.1 Å². The first-order valence-corrected chi connectivity index (χ1v) is 5.10. The number of aldehydes is 1. The predicted molar refractivity (Wildman–Crippen MR) is 62.2 cm³/mol. The van der Waals surface area contributed by atoms with E-state index in [1.54, 1.807) is 24.3 Å². The summed E-state index contributed by atoms with van der Waals surface area (Å²) in [5, 5.41) is 0.244. The normalized spacial score (nSPS) is 10.1. The van der Waals surface area contributed by atoms with Crippen molar-refractivity contribution in [3.63, 3.8) is 0 Å². The van der Waals surface area contributed by atoms with Crippen LogP contribution in [0.1, 0.15) is 10.4 Å². The molecule has 0 bridgehead atoms. The molecule has 0 unspecified atom stereocenters. The SMILES string of the molecule is O=Cc1cc(F)c(-c2ccccc2)c(Cl)c1. The number of carbonyl (C=O) groups is 1. The second kappa shape index (κ2) is 4.45. The third-order valence-electron chi connectivity index (χ3n) is 2.26. The molecule has 0 aromatic heterocycles. The van der Waals surface area contributed by atoms with E-state index in [0.29, 0.717) is 17.4 Å². The van der Waals surface area contributed by atoms with Crippen LogP contribution in [0.15, 0.2) is 42.5 Å². The lowest BCUT2D eigenvalue weighted by atomic mass is 10.0. The molecule has 0 saturated carbocycles. The quantitative estimate of drug-likeness (QED) is 0.719. The summed E-state index contributed by atoms with van der Waals surface area (Å²) < 4.78 is 13.7. The minimum Gasteiger partial charge on any atom is -0.298 e. The Bertz CT molecular complexity index is 500. The van der Waals surface area contributed by atoms with Crippen LogP contribution in [0.5, 0.6) is 0 Å². The van der Waals surface area contributed by atoms with E-state index in [1.807, 2.05) is 6.07 Å². The van der Waals surface area contributed by atoms with Crippen molar-refractivity contribution in [2.45, 2.75) is 0 Å². The summed E-state index contributed by atoms with van der Waals surface area (Å²) >= 11 is 5.95. The summed E-state index contributed by atoms with van der Waals surface area (Å²) in [6, 6.07) is 11.6. The molecule has 0 N–H and O–H groups in total. The van der Waals surface area contributed by atoms with E-state index in [9.17, 15) is 9.18 Å². The molecule has 0 atom stereocenters. The Kier molecular flexibility index (Phi) is 3.02. The van der Waals surface area contributed by atoms with Gasteiger partial charge >= 0.3 is 0 Å². The van der Waals surface area contributed by atoms with Gasteiger partial charge in [0.2, 0.25) is 0 Å². The van der Waals surface area contributed by atoms with Crippen molar-refractivity contribution in [3.05, 3.63) is 58.9 Å². The third-order valence-corrected chi connectivity index (χ3v) is 2.56. The van der Waals surface area contributed by atoms with Crippen LogP contribution < -0.4 is 0 Å². The van der Waals surface area contributed by atoms with Gasteiger partial charge in [-0.05, 0) is 17.7 Å². The molecule has 0 amide bonds. The van der Waals surface area contributed by atoms with Gasteiger partial charge in [-0.2, -0.15) is 0 Å². The fourth-order valence-electron chi connectivity index (χ4n) is 1.54. The molecule has 0 aliphatic rings. The van der Waals surface area contributed by atoms with Gasteiger partial charge in [-0.25, -0.2) is 4.39 Å². The average Bonchev–Trinajstić information content (AvgIpc) is 2.29. The minimum absolute atomic E-state index is 0.238. The summed E-state index contributed by atoms with van der Waals surface area (Å²) in [6.07, 6.45) is 0.573. The zero-order valence-electron chi connectivity index (χ0n) is 8.28. The van der Waals surface area contributed by atoms with Gasteiger partial charge in [0.25, 0.3) is 0 Å². The zero-order chi connectivity index (χ0) is 11.5. The van der Waals surface area contributed by atoms with Crippen molar-refractivity contribution in [1.29, 1.82) is 0 Å². The molecule has 0 heterocycles. The van der Waals surface area contributed by atoms with Crippen LogP contribution in [0.4, 0.5) is 4.39 Å². The summed E-state index contributed by atoms with van der Waals surface area (Å²) in [5.74, 6) is -0.485. The smallest absolute Gasteiger partial charge is 0.150 e. The third kappa shape index (κ3) is 1.97. The second-order valence-electron chi connectivity index (χ2n) is 3.34. The van der Waals surface area contributed by atoms with Crippen molar-refractivity contribution >= 4 is 17.9 Å². The predicted octanol–water partition coefficient (Wildman–Crippen LogP) is 3.96. The van der Waals surface area contributed by atoms with Gasteiger partial charge in [-0.1, -0.05) is 41.9 Å². The molecule has 16 heavy (non-hydrogen) atoms. The number of hydrogen-bond acceptors (Lipinski definition) is 1. The van der Waals surface area contributed by atoms with Crippen LogP contribution >= 0.6 is 11.6 Å². The van der Waals surface area contributed by atoms with E-state index in [2.05, 4.69) is 0 Å². The highest BCUT2D eigenvalue weighted by Gasteiger charge is 2.11. The molecule has 0 aliphatic carbocycles. The Morgan fingerprint density at radius 2 is 1.81 bits per heavy atom. The van der Waals surface area contributed by atoms with E-state index in [-0.39, 0.29) is 10.6 Å². The number of rotatable bonds is 2. The Labute approximate surface area is 97.5 Å². The maximum atomic E-state index is 13.7. The number of halogens is 2. The van der Waals surface area contributed by atoms with Crippen LogP contribution in [-0.4, -0.2) is 6.29 Å². The van der Waals surface area contributed by atoms with Crippen molar-refractivity contribution in [2.24, 2.45) is 0 Å². The van der Waals surface area contributed by atoms with Crippen LogP contribution in [0.2, 0.25) is 5.02 Å². The first-order chi connectivity index (χ1) is 7.72. The molecule has 2 rings (SSSR count). The van der Waals surface area contributed by atoms with Crippen LogP contribution in [-0.2, 0) is 0 Å². The van der Waals surface area contributed by atoms with Gasteiger partial charge in [-0.15, -0.1) is 0 Å². The van der Waals surface area contributed by atoms with Crippen molar-refractivity contribution in [2.75, 3.05) is 0 Å². The van der Waals surface area contributed by atoms with Crippen LogP contribution in [0.3, 0.4) is 0 Å². The summed E-state index contributed by atoms with van der Waals surface area (Å²) in [7, 11) is 0. The molecule has 80 valence electrons. The molecule has 3 heteroatoms. The van der Waals surface area contributed by atoms with Crippen LogP contribution in [0, 0.1) is 5.82 Å². The van der Waals surface area contributed by atoms with Gasteiger partial charge in [0, 0.05) is 11.1 Å². The number of carbonyl (C=O) groups excluding carboxylic acids is 1. The fourth-order valence-corrected chi connectivity index (χ4v) is 1.87. The van der Waals surface area contributed by atoms with Gasteiger partial charge in [0.1, 0.15) is 12.1 Å².